The van der Waals surface area contributed by atoms with Crippen LogP contribution in [0.1, 0.15) is 29.8 Å². The quantitative estimate of drug-likeness (QED) is 0.772. The second-order valence-electron chi connectivity index (χ2n) is 5.03. The largest absolute Gasteiger partial charge is 0.491 e. The van der Waals surface area contributed by atoms with Gasteiger partial charge in [-0.05, 0) is 49.7 Å². The number of halogens is 2. The second kappa shape index (κ2) is 6.48. The third-order valence-electron chi connectivity index (χ3n) is 2.89. The van der Waals surface area contributed by atoms with Gasteiger partial charge in [-0.25, -0.2) is 8.78 Å². The van der Waals surface area contributed by atoms with E-state index in [2.05, 4.69) is 0 Å². The Kier molecular flexibility index (Phi) is 4.68. The van der Waals surface area contributed by atoms with Gasteiger partial charge in [0.05, 0.1) is 6.10 Å². The van der Waals surface area contributed by atoms with Crippen LogP contribution in [0.25, 0.3) is 0 Å². The zero-order chi connectivity index (χ0) is 15.4. The van der Waals surface area contributed by atoms with Gasteiger partial charge in [-0.1, -0.05) is 12.1 Å². The molecule has 4 heteroatoms. The Hall–Kier alpha value is -2.23. The fourth-order valence-electron chi connectivity index (χ4n) is 1.97. The van der Waals surface area contributed by atoms with Gasteiger partial charge in [-0.2, -0.15) is 0 Å². The molecule has 0 saturated heterocycles. The van der Waals surface area contributed by atoms with Crippen molar-refractivity contribution in [1.82, 2.24) is 0 Å². The van der Waals surface area contributed by atoms with Gasteiger partial charge in [0.2, 0.25) is 0 Å². The number of hydrogen-bond donors (Lipinski definition) is 0. The fraction of sp³-hybridized carbons (Fsp3) is 0.235. The van der Waals surface area contributed by atoms with Crippen LogP contribution in [-0.4, -0.2) is 11.9 Å². The summed E-state index contributed by atoms with van der Waals surface area (Å²) in [5.41, 5.74) is 0.465. The molecule has 0 fully saturated rings. The summed E-state index contributed by atoms with van der Waals surface area (Å²) in [4.78, 5) is 12.2. The molecule has 0 radical (unpaired) electrons. The standard InChI is InChI=1S/C17H16F2O2/c1-11(2)21-15-5-3-4-12(9-15)17(20)10-13-8-14(18)6-7-16(13)19/h3-9,11H,10H2,1-2H3. The van der Waals surface area contributed by atoms with Gasteiger partial charge in [0, 0.05) is 12.0 Å². The van der Waals surface area contributed by atoms with Crippen molar-refractivity contribution in [2.75, 3.05) is 0 Å². The van der Waals surface area contributed by atoms with Crippen molar-refractivity contribution in [1.29, 1.82) is 0 Å². The molecular weight excluding hydrogens is 274 g/mol. The SMILES string of the molecule is CC(C)Oc1cccc(C(=O)Cc2cc(F)ccc2F)c1. The predicted octanol–water partition coefficient (Wildman–Crippen LogP) is 4.18. The highest BCUT2D eigenvalue weighted by Gasteiger charge is 2.12. The van der Waals surface area contributed by atoms with Gasteiger partial charge in [-0.3, -0.25) is 4.79 Å². The molecule has 0 spiro atoms. The predicted molar refractivity (Wildman–Crippen MR) is 76.6 cm³/mol. The van der Waals surface area contributed by atoms with Gasteiger partial charge in [-0.15, -0.1) is 0 Å². The lowest BCUT2D eigenvalue weighted by Gasteiger charge is -2.10. The van der Waals surface area contributed by atoms with E-state index in [4.69, 9.17) is 4.74 Å². The molecule has 0 amide bonds. The highest BCUT2D eigenvalue weighted by atomic mass is 19.1. The van der Waals surface area contributed by atoms with Gasteiger partial charge < -0.3 is 4.74 Å². The summed E-state index contributed by atoms with van der Waals surface area (Å²) < 4.78 is 32.2. The first-order valence-electron chi connectivity index (χ1n) is 6.69. The molecule has 0 heterocycles. The minimum Gasteiger partial charge on any atom is -0.491 e. The molecule has 2 aromatic rings. The molecule has 2 nitrogen and oxygen atoms in total. The molecule has 2 rings (SSSR count). The Morgan fingerprint density at radius 3 is 2.62 bits per heavy atom. The average molecular weight is 290 g/mol. The first-order chi connectivity index (χ1) is 9.95. The molecular formula is C17H16F2O2. The van der Waals surface area contributed by atoms with Crippen LogP contribution in [0.5, 0.6) is 5.75 Å². The number of hydrogen-bond acceptors (Lipinski definition) is 2. The normalized spacial score (nSPS) is 10.7. The van der Waals surface area contributed by atoms with Gasteiger partial charge in [0.15, 0.2) is 5.78 Å². The van der Waals surface area contributed by atoms with Gasteiger partial charge in [0.1, 0.15) is 17.4 Å². The molecule has 0 unspecified atom stereocenters. The lowest BCUT2D eigenvalue weighted by atomic mass is 10.0. The molecule has 0 bridgehead atoms. The Morgan fingerprint density at radius 2 is 1.90 bits per heavy atom. The third kappa shape index (κ3) is 4.12. The van der Waals surface area contributed by atoms with Crippen LogP contribution in [0.15, 0.2) is 42.5 Å². The third-order valence-corrected chi connectivity index (χ3v) is 2.89. The zero-order valence-corrected chi connectivity index (χ0v) is 11.9. The van der Waals surface area contributed by atoms with E-state index < -0.39 is 11.6 Å². The summed E-state index contributed by atoms with van der Waals surface area (Å²) >= 11 is 0. The van der Waals surface area contributed by atoms with E-state index in [1.54, 1.807) is 24.3 Å². The van der Waals surface area contributed by atoms with Crippen molar-refractivity contribution in [3.63, 3.8) is 0 Å². The summed E-state index contributed by atoms with van der Waals surface area (Å²) in [7, 11) is 0. The zero-order valence-electron chi connectivity index (χ0n) is 11.9. The van der Waals surface area contributed by atoms with Crippen molar-refractivity contribution in [3.05, 3.63) is 65.2 Å². The summed E-state index contributed by atoms with van der Waals surface area (Å²) in [5.74, 6) is -0.848. The van der Waals surface area contributed by atoms with E-state index in [1.807, 2.05) is 13.8 Å². The molecule has 0 aromatic heterocycles. The number of ketones is 1. The van der Waals surface area contributed by atoms with Gasteiger partial charge in [0.25, 0.3) is 0 Å². The molecule has 0 aliphatic rings. The topological polar surface area (TPSA) is 26.3 Å². The Labute approximate surface area is 122 Å². The van der Waals surface area contributed by atoms with Crippen molar-refractivity contribution >= 4 is 5.78 Å². The molecule has 0 N–H and O–H groups in total. The molecule has 110 valence electrons. The van der Waals surface area contributed by atoms with E-state index in [9.17, 15) is 13.6 Å². The number of ether oxygens (including phenoxy) is 1. The van der Waals surface area contributed by atoms with Crippen LogP contribution >= 0.6 is 0 Å². The van der Waals surface area contributed by atoms with Crippen LogP contribution in [0.4, 0.5) is 8.78 Å². The van der Waals surface area contributed by atoms with E-state index in [0.29, 0.717) is 11.3 Å². The molecule has 0 aliphatic heterocycles. The Morgan fingerprint density at radius 1 is 1.14 bits per heavy atom. The molecule has 2 aromatic carbocycles. The first kappa shape index (κ1) is 15.2. The Balaban J connectivity index is 2.18. The van der Waals surface area contributed by atoms with Crippen LogP contribution < -0.4 is 4.74 Å². The van der Waals surface area contributed by atoms with Crippen LogP contribution in [0, 0.1) is 11.6 Å². The van der Waals surface area contributed by atoms with Gasteiger partial charge >= 0.3 is 0 Å². The summed E-state index contributed by atoms with van der Waals surface area (Å²) in [6.45, 7) is 3.77. The number of Topliss-reactive ketones (excluding diaryl/α,β-unsaturated/α-hetero) is 1. The fourth-order valence-corrected chi connectivity index (χ4v) is 1.97. The molecule has 0 saturated carbocycles. The minimum atomic E-state index is -0.584. The van der Waals surface area contributed by atoms with Crippen LogP contribution in [0.3, 0.4) is 0 Å². The number of carbonyl (C=O) groups is 1. The maximum Gasteiger partial charge on any atom is 0.167 e. The van der Waals surface area contributed by atoms with Crippen LogP contribution in [-0.2, 0) is 6.42 Å². The van der Waals surface area contributed by atoms with E-state index in [1.165, 1.54) is 0 Å². The smallest absolute Gasteiger partial charge is 0.167 e. The lowest BCUT2D eigenvalue weighted by molar-refractivity contribution is 0.0991. The van der Waals surface area contributed by atoms with E-state index in [0.717, 1.165) is 18.2 Å². The summed E-state index contributed by atoms with van der Waals surface area (Å²) in [6, 6.07) is 9.79. The Bertz CT molecular complexity index is 651. The van der Waals surface area contributed by atoms with Crippen molar-refractivity contribution in [3.8, 4) is 5.75 Å². The minimum absolute atomic E-state index is 0.00369. The van der Waals surface area contributed by atoms with Crippen LogP contribution in [0.2, 0.25) is 0 Å². The molecule has 21 heavy (non-hydrogen) atoms. The highest BCUT2D eigenvalue weighted by molar-refractivity contribution is 5.97. The monoisotopic (exact) mass is 290 g/mol. The number of carbonyl (C=O) groups excluding carboxylic acids is 1. The van der Waals surface area contributed by atoms with E-state index in [-0.39, 0.29) is 23.9 Å². The first-order valence-corrected chi connectivity index (χ1v) is 6.69. The molecule has 0 atom stereocenters. The summed E-state index contributed by atoms with van der Waals surface area (Å²) in [5, 5.41) is 0. The summed E-state index contributed by atoms with van der Waals surface area (Å²) in [6.07, 6.45) is -0.189. The van der Waals surface area contributed by atoms with E-state index >= 15 is 0 Å². The number of benzene rings is 2. The average Bonchev–Trinajstić information content (AvgIpc) is 2.42. The highest BCUT2D eigenvalue weighted by Crippen LogP contribution is 2.18. The van der Waals surface area contributed by atoms with Crippen molar-refractivity contribution < 1.29 is 18.3 Å². The lowest BCUT2D eigenvalue weighted by Crippen LogP contribution is -2.08. The molecule has 0 aliphatic carbocycles. The van der Waals surface area contributed by atoms with Crippen molar-refractivity contribution in [2.45, 2.75) is 26.4 Å². The van der Waals surface area contributed by atoms with Crippen molar-refractivity contribution in [2.24, 2.45) is 0 Å². The maximum atomic E-state index is 13.6. The second-order valence-corrected chi connectivity index (χ2v) is 5.03. The number of rotatable bonds is 5. The maximum absolute atomic E-state index is 13.6.